The number of halogens is 2. The molecule has 1 N–H and O–H groups in total. The molecule has 1 heterocycles. The van der Waals surface area contributed by atoms with Crippen molar-refractivity contribution in [1.82, 2.24) is 9.62 Å². The third-order valence-electron chi connectivity index (χ3n) is 4.53. The molecule has 2 aromatic carbocycles. The smallest absolute Gasteiger partial charge is 0.257 e. The Morgan fingerprint density at radius 1 is 1.18 bits per heavy atom. The fraction of sp³-hybridized carbons (Fsp3) is 0.316. The average Bonchev–Trinajstić information content (AvgIpc) is 2.67. The van der Waals surface area contributed by atoms with Crippen LogP contribution in [0.4, 0.5) is 8.78 Å². The number of carbonyl (C=O) groups is 1. The van der Waals surface area contributed by atoms with Crippen molar-refractivity contribution in [2.45, 2.75) is 23.8 Å². The molecule has 1 aliphatic rings. The summed E-state index contributed by atoms with van der Waals surface area (Å²) in [5.74, 6) is -1.41. The summed E-state index contributed by atoms with van der Waals surface area (Å²) in [5.41, 5.74) is 0.0798. The van der Waals surface area contributed by atoms with E-state index < -0.39 is 33.6 Å². The number of sulfonamides is 1. The van der Waals surface area contributed by atoms with Gasteiger partial charge in [-0.2, -0.15) is 0 Å². The third-order valence-corrected chi connectivity index (χ3v) is 6.05. The van der Waals surface area contributed by atoms with Crippen LogP contribution in [-0.2, 0) is 10.0 Å². The maximum Gasteiger partial charge on any atom is 0.257 e. The van der Waals surface area contributed by atoms with Crippen molar-refractivity contribution in [3.63, 3.8) is 0 Å². The standard InChI is InChI=1S/C19H20F2N2O4S/c1-27-18-8-7-14(21)11-17(18)19(24)23-9-3-5-15(12-23)22-28(25,26)16-6-2-4-13(20)10-16/h2,4,6-8,10-11,15,22H,3,5,9,12H2,1H3. The highest BCUT2D eigenvalue weighted by Gasteiger charge is 2.29. The van der Waals surface area contributed by atoms with Gasteiger partial charge in [-0.15, -0.1) is 0 Å². The Morgan fingerprint density at radius 2 is 1.93 bits per heavy atom. The number of nitrogens with one attached hydrogen (secondary N) is 1. The summed E-state index contributed by atoms with van der Waals surface area (Å²) < 4.78 is 59.6. The lowest BCUT2D eigenvalue weighted by molar-refractivity contribution is 0.0699. The van der Waals surface area contributed by atoms with Crippen LogP contribution in [0.5, 0.6) is 5.75 Å². The zero-order valence-electron chi connectivity index (χ0n) is 15.2. The van der Waals surface area contributed by atoms with Crippen LogP contribution in [0.25, 0.3) is 0 Å². The minimum Gasteiger partial charge on any atom is -0.496 e. The Morgan fingerprint density at radius 3 is 2.64 bits per heavy atom. The molecular formula is C19H20F2N2O4S. The molecule has 0 spiro atoms. The van der Waals surface area contributed by atoms with Crippen LogP contribution in [-0.4, -0.2) is 45.5 Å². The lowest BCUT2D eigenvalue weighted by atomic mass is 10.0. The van der Waals surface area contributed by atoms with Gasteiger partial charge in [-0.3, -0.25) is 4.79 Å². The number of ether oxygens (including phenoxy) is 1. The number of nitrogens with zero attached hydrogens (tertiary/aromatic N) is 1. The molecule has 1 unspecified atom stereocenters. The van der Waals surface area contributed by atoms with Crippen LogP contribution < -0.4 is 9.46 Å². The molecule has 2 aromatic rings. The van der Waals surface area contributed by atoms with Crippen LogP contribution in [0.15, 0.2) is 47.4 Å². The molecular weight excluding hydrogens is 390 g/mol. The first-order chi connectivity index (χ1) is 13.3. The van der Waals surface area contributed by atoms with E-state index in [1.54, 1.807) is 0 Å². The van der Waals surface area contributed by atoms with Crippen LogP contribution in [0.1, 0.15) is 23.2 Å². The number of rotatable bonds is 5. The van der Waals surface area contributed by atoms with Gasteiger partial charge in [-0.1, -0.05) is 6.07 Å². The van der Waals surface area contributed by atoms with Gasteiger partial charge in [0, 0.05) is 19.1 Å². The van der Waals surface area contributed by atoms with Gasteiger partial charge in [0.05, 0.1) is 17.6 Å². The molecule has 0 saturated carbocycles. The zero-order chi connectivity index (χ0) is 20.3. The highest BCUT2D eigenvalue weighted by atomic mass is 32.2. The molecule has 1 saturated heterocycles. The summed E-state index contributed by atoms with van der Waals surface area (Å²) in [6, 6.07) is 7.84. The molecule has 9 heteroatoms. The first-order valence-electron chi connectivity index (χ1n) is 8.71. The van der Waals surface area contributed by atoms with Crippen molar-refractivity contribution < 1.29 is 26.7 Å². The van der Waals surface area contributed by atoms with Crippen molar-refractivity contribution in [1.29, 1.82) is 0 Å². The Labute approximate surface area is 162 Å². The summed E-state index contributed by atoms with van der Waals surface area (Å²) in [5, 5.41) is 0. The third kappa shape index (κ3) is 4.48. The van der Waals surface area contributed by atoms with Crippen molar-refractivity contribution in [2.75, 3.05) is 20.2 Å². The van der Waals surface area contributed by atoms with E-state index in [1.807, 2.05) is 0 Å². The predicted molar refractivity (Wildman–Crippen MR) is 98.6 cm³/mol. The minimum atomic E-state index is -3.93. The largest absolute Gasteiger partial charge is 0.496 e. The normalized spacial score (nSPS) is 17.4. The first-order valence-corrected chi connectivity index (χ1v) is 10.2. The highest BCUT2D eigenvalue weighted by Crippen LogP contribution is 2.23. The maximum absolute atomic E-state index is 13.6. The van der Waals surface area contributed by atoms with Crippen LogP contribution >= 0.6 is 0 Å². The Balaban J connectivity index is 1.75. The van der Waals surface area contributed by atoms with Gasteiger partial charge >= 0.3 is 0 Å². The van der Waals surface area contributed by atoms with Gasteiger partial charge in [0.2, 0.25) is 10.0 Å². The predicted octanol–water partition coefficient (Wildman–Crippen LogP) is 2.56. The highest BCUT2D eigenvalue weighted by molar-refractivity contribution is 7.89. The van der Waals surface area contributed by atoms with E-state index in [0.29, 0.717) is 19.4 Å². The maximum atomic E-state index is 13.6. The van der Waals surface area contributed by atoms with Crippen molar-refractivity contribution in [2.24, 2.45) is 0 Å². The number of piperidine rings is 1. The molecule has 1 fully saturated rings. The summed E-state index contributed by atoms with van der Waals surface area (Å²) in [4.78, 5) is 14.1. The average molecular weight is 410 g/mol. The molecule has 150 valence electrons. The van der Waals surface area contributed by atoms with E-state index in [9.17, 15) is 22.0 Å². The van der Waals surface area contributed by atoms with Crippen molar-refractivity contribution in [3.05, 3.63) is 59.7 Å². The van der Waals surface area contributed by atoms with E-state index >= 15 is 0 Å². The Bertz CT molecular complexity index is 982. The molecule has 0 radical (unpaired) electrons. The summed E-state index contributed by atoms with van der Waals surface area (Å²) in [6.07, 6.45) is 1.10. The number of amides is 1. The van der Waals surface area contributed by atoms with E-state index in [-0.39, 0.29) is 22.8 Å². The molecule has 1 atom stereocenters. The molecule has 1 aliphatic heterocycles. The van der Waals surface area contributed by atoms with Crippen LogP contribution in [0, 0.1) is 11.6 Å². The summed E-state index contributed by atoms with van der Waals surface area (Å²) in [6.45, 7) is 0.531. The monoisotopic (exact) mass is 410 g/mol. The van der Waals surface area contributed by atoms with Crippen LogP contribution in [0.3, 0.4) is 0 Å². The lowest BCUT2D eigenvalue weighted by Crippen LogP contribution is -2.49. The van der Waals surface area contributed by atoms with Gasteiger partial charge in [0.25, 0.3) is 5.91 Å². The molecule has 0 aliphatic carbocycles. The fourth-order valence-corrected chi connectivity index (χ4v) is 4.49. The summed E-state index contributed by atoms with van der Waals surface area (Å²) in [7, 11) is -2.54. The molecule has 0 bridgehead atoms. The Kier molecular flexibility index (Phi) is 5.95. The lowest BCUT2D eigenvalue weighted by Gasteiger charge is -2.33. The molecule has 6 nitrogen and oxygen atoms in total. The minimum absolute atomic E-state index is 0.0798. The van der Waals surface area contributed by atoms with E-state index in [0.717, 1.165) is 18.2 Å². The van der Waals surface area contributed by atoms with Crippen molar-refractivity contribution >= 4 is 15.9 Å². The van der Waals surface area contributed by atoms with Gasteiger partial charge in [-0.25, -0.2) is 21.9 Å². The fourth-order valence-electron chi connectivity index (χ4n) is 3.20. The SMILES string of the molecule is COc1ccc(F)cc1C(=O)N1CCCC(NS(=O)(=O)c2cccc(F)c2)C1. The molecule has 1 amide bonds. The van der Waals surface area contributed by atoms with E-state index in [4.69, 9.17) is 4.74 Å². The second-order valence-electron chi connectivity index (χ2n) is 6.51. The van der Waals surface area contributed by atoms with Gasteiger partial charge < -0.3 is 9.64 Å². The number of likely N-dealkylation sites (tertiary alicyclic amines) is 1. The molecule has 0 aromatic heterocycles. The number of hydrogen-bond acceptors (Lipinski definition) is 4. The number of carbonyl (C=O) groups excluding carboxylic acids is 1. The molecule has 3 rings (SSSR count). The first kappa shape index (κ1) is 20.2. The molecule has 28 heavy (non-hydrogen) atoms. The van der Waals surface area contributed by atoms with Gasteiger partial charge in [0.1, 0.15) is 17.4 Å². The van der Waals surface area contributed by atoms with Gasteiger partial charge in [0.15, 0.2) is 0 Å². The van der Waals surface area contributed by atoms with Gasteiger partial charge in [-0.05, 0) is 49.2 Å². The van der Waals surface area contributed by atoms with Crippen molar-refractivity contribution in [3.8, 4) is 5.75 Å². The zero-order valence-corrected chi connectivity index (χ0v) is 16.0. The second kappa shape index (κ2) is 8.24. The second-order valence-corrected chi connectivity index (χ2v) is 8.23. The number of benzene rings is 2. The number of methoxy groups -OCH3 is 1. The topological polar surface area (TPSA) is 75.7 Å². The van der Waals surface area contributed by atoms with E-state index in [1.165, 1.54) is 36.3 Å². The number of hydrogen-bond donors (Lipinski definition) is 1. The quantitative estimate of drug-likeness (QED) is 0.822. The summed E-state index contributed by atoms with van der Waals surface area (Å²) >= 11 is 0. The Hall–Kier alpha value is -2.52. The van der Waals surface area contributed by atoms with Crippen LogP contribution in [0.2, 0.25) is 0 Å². The van der Waals surface area contributed by atoms with E-state index in [2.05, 4.69) is 4.72 Å².